The Morgan fingerprint density at radius 1 is 1.00 bits per heavy atom. The van der Waals surface area contributed by atoms with Crippen molar-refractivity contribution in [3.8, 4) is 11.5 Å². The summed E-state index contributed by atoms with van der Waals surface area (Å²) < 4.78 is 13.4. The average molecular weight is 420 g/mol. The average Bonchev–Trinajstić information content (AvgIpc) is 3.40. The van der Waals surface area contributed by atoms with Gasteiger partial charge in [-0.1, -0.05) is 12.1 Å². The van der Waals surface area contributed by atoms with Crippen molar-refractivity contribution < 1.29 is 14.1 Å². The maximum Gasteiger partial charge on any atom is 0.269 e. The van der Waals surface area contributed by atoms with Crippen molar-refractivity contribution in [3.05, 3.63) is 70.4 Å². The van der Waals surface area contributed by atoms with E-state index in [9.17, 15) is 10.1 Å². The number of ether oxygens (including phenoxy) is 1. The Kier molecular flexibility index (Phi) is 5.14. The van der Waals surface area contributed by atoms with Crippen molar-refractivity contribution in [3.63, 3.8) is 0 Å². The van der Waals surface area contributed by atoms with Crippen LogP contribution in [0.2, 0.25) is 0 Å². The van der Waals surface area contributed by atoms with E-state index in [2.05, 4.69) is 19.7 Å². The van der Waals surface area contributed by atoms with Crippen molar-refractivity contribution >= 4 is 16.7 Å². The number of morpholine rings is 1. The molecular formula is C21H20N6O4. The van der Waals surface area contributed by atoms with E-state index in [0.29, 0.717) is 30.4 Å². The quantitative estimate of drug-likeness (QED) is 0.346. The highest BCUT2D eigenvalue weighted by molar-refractivity contribution is 5.76. The van der Waals surface area contributed by atoms with Gasteiger partial charge in [0.15, 0.2) is 0 Å². The molecule has 31 heavy (non-hydrogen) atoms. The molecule has 5 rings (SSSR count). The van der Waals surface area contributed by atoms with Crippen LogP contribution in [-0.4, -0.2) is 55.9 Å². The Labute approximate surface area is 177 Å². The summed E-state index contributed by atoms with van der Waals surface area (Å²) in [5.41, 5.74) is 2.57. The summed E-state index contributed by atoms with van der Waals surface area (Å²) in [5, 5.41) is 19.2. The van der Waals surface area contributed by atoms with Crippen molar-refractivity contribution in [2.75, 3.05) is 26.3 Å². The van der Waals surface area contributed by atoms with Gasteiger partial charge < -0.3 is 13.7 Å². The number of fused-ring (bicyclic) bond motifs is 1. The molecular weight excluding hydrogens is 400 g/mol. The highest BCUT2D eigenvalue weighted by Crippen LogP contribution is 2.23. The molecule has 10 nitrogen and oxygen atoms in total. The largest absolute Gasteiger partial charge is 0.419 e. The second kappa shape index (κ2) is 8.25. The molecule has 2 aromatic heterocycles. The van der Waals surface area contributed by atoms with E-state index in [0.717, 1.165) is 43.2 Å². The lowest BCUT2D eigenvalue weighted by atomic mass is 10.2. The molecule has 1 saturated heterocycles. The third-order valence-corrected chi connectivity index (χ3v) is 5.29. The summed E-state index contributed by atoms with van der Waals surface area (Å²) in [6.07, 6.45) is 0. The van der Waals surface area contributed by atoms with Crippen molar-refractivity contribution in [2.45, 2.75) is 13.1 Å². The predicted molar refractivity (Wildman–Crippen MR) is 111 cm³/mol. The van der Waals surface area contributed by atoms with Crippen LogP contribution in [0.1, 0.15) is 11.7 Å². The molecule has 1 fully saturated rings. The lowest BCUT2D eigenvalue weighted by Crippen LogP contribution is -2.36. The summed E-state index contributed by atoms with van der Waals surface area (Å²) in [6, 6.07) is 14.0. The number of benzene rings is 2. The molecule has 4 aromatic rings. The highest BCUT2D eigenvalue weighted by atomic mass is 16.6. The number of aromatic nitrogens is 4. The molecule has 2 aromatic carbocycles. The van der Waals surface area contributed by atoms with Crippen LogP contribution in [0, 0.1) is 10.1 Å². The number of rotatable bonds is 6. The number of para-hydroxylation sites is 2. The van der Waals surface area contributed by atoms with Crippen LogP contribution in [0.4, 0.5) is 5.69 Å². The van der Waals surface area contributed by atoms with Crippen LogP contribution in [0.5, 0.6) is 0 Å². The molecule has 0 bridgehead atoms. The Morgan fingerprint density at radius 3 is 2.55 bits per heavy atom. The topological polar surface area (TPSA) is 112 Å². The second-order valence-electron chi connectivity index (χ2n) is 7.30. The first-order chi connectivity index (χ1) is 15.2. The zero-order valence-corrected chi connectivity index (χ0v) is 16.7. The predicted octanol–water partition coefficient (Wildman–Crippen LogP) is 2.88. The van der Waals surface area contributed by atoms with Gasteiger partial charge in [0.2, 0.25) is 11.8 Å². The van der Waals surface area contributed by atoms with Gasteiger partial charge in [0.05, 0.1) is 35.7 Å². The monoisotopic (exact) mass is 420 g/mol. The third-order valence-electron chi connectivity index (χ3n) is 5.29. The first-order valence-electron chi connectivity index (χ1n) is 9.99. The molecule has 0 amide bonds. The van der Waals surface area contributed by atoms with Gasteiger partial charge in [-0.05, 0) is 24.3 Å². The van der Waals surface area contributed by atoms with E-state index >= 15 is 0 Å². The number of nitro benzene ring substituents is 1. The molecule has 158 valence electrons. The van der Waals surface area contributed by atoms with Crippen LogP contribution in [0.25, 0.3) is 22.5 Å². The number of nitro groups is 1. The Hall–Kier alpha value is -3.63. The molecule has 3 heterocycles. The van der Waals surface area contributed by atoms with E-state index in [1.54, 1.807) is 12.1 Å². The fourth-order valence-corrected chi connectivity index (χ4v) is 3.68. The molecule has 1 aliphatic heterocycles. The van der Waals surface area contributed by atoms with Crippen LogP contribution >= 0.6 is 0 Å². The van der Waals surface area contributed by atoms with Gasteiger partial charge in [0, 0.05) is 30.8 Å². The van der Waals surface area contributed by atoms with Crippen molar-refractivity contribution in [2.24, 2.45) is 0 Å². The van der Waals surface area contributed by atoms with Crippen LogP contribution in [0.15, 0.2) is 52.9 Å². The molecule has 1 aliphatic rings. The molecule has 0 N–H and O–H groups in total. The van der Waals surface area contributed by atoms with E-state index in [1.807, 2.05) is 24.3 Å². The molecule has 10 heteroatoms. The molecule has 0 atom stereocenters. The number of hydrogen-bond donors (Lipinski definition) is 0. The van der Waals surface area contributed by atoms with Crippen LogP contribution in [-0.2, 0) is 17.8 Å². The molecule has 0 unspecified atom stereocenters. The molecule has 0 aliphatic carbocycles. The Balaban J connectivity index is 1.42. The molecule has 0 radical (unpaired) electrons. The SMILES string of the molecule is O=[N+]([O-])c1ccc(-c2nnc(Cn3c(CN4CCOCC4)nc4ccccc43)o2)cc1. The van der Waals surface area contributed by atoms with E-state index in [4.69, 9.17) is 14.1 Å². The summed E-state index contributed by atoms with van der Waals surface area (Å²) in [7, 11) is 0. The second-order valence-corrected chi connectivity index (χ2v) is 7.30. The minimum atomic E-state index is -0.441. The van der Waals surface area contributed by atoms with Gasteiger partial charge in [-0.15, -0.1) is 10.2 Å². The summed E-state index contributed by atoms with van der Waals surface area (Å²) in [4.78, 5) is 17.5. The minimum Gasteiger partial charge on any atom is -0.419 e. The lowest BCUT2D eigenvalue weighted by Gasteiger charge is -2.26. The number of non-ortho nitro benzene ring substituents is 1. The summed E-state index contributed by atoms with van der Waals surface area (Å²) in [6.45, 7) is 4.29. The van der Waals surface area contributed by atoms with E-state index < -0.39 is 4.92 Å². The summed E-state index contributed by atoms with van der Waals surface area (Å²) in [5.74, 6) is 1.70. The van der Waals surface area contributed by atoms with Gasteiger partial charge in [0.25, 0.3) is 5.69 Å². The van der Waals surface area contributed by atoms with Crippen LogP contribution in [0.3, 0.4) is 0 Å². The van der Waals surface area contributed by atoms with Gasteiger partial charge >= 0.3 is 0 Å². The summed E-state index contributed by atoms with van der Waals surface area (Å²) >= 11 is 0. The first-order valence-corrected chi connectivity index (χ1v) is 9.99. The van der Waals surface area contributed by atoms with Crippen molar-refractivity contribution in [1.29, 1.82) is 0 Å². The number of nitrogens with zero attached hydrogens (tertiary/aromatic N) is 6. The highest BCUT2D eigenvalue weighted by Gasteiger charge is 2.19. The molecule has 0 saturated carbocycles. The maximum absolute atomic E-state index is 10.8. The zero-order valence-electron chi connectivity index (χ0n) is 16.7. The van der Waals surface area contributed by atoms with E-state index in [-0.39, 0.29) is 5.69 Å². The smallest absolute Gasteiger partial charge is 0.269 e. The fourth-order valence-electron chi connectivity index (χ4n) is 3.68. The lowest BCUT2D eigenvalue weighted by molar-refractivity contribution is -0.384. The minimum absolute atomic E-state index is 0.0149. The Morgan fingerprint density at radius 2 is 1.77 bits per heavy atom. The van der Waals surface area contributed by atoms with Crippen LogP contribution < -0.4 is 0 Å². The third kappa shape index (κ3) is 4.03. The van der Waals surface area contributed by atoms with Gasteiger partial charge in [-0.3, -0.25) is 15.0 Å². The van der Waals surface area contributed by atoms with Gasteiger partial charge in [-0.2, -0.15) is 0 Å². The normalized spacial score (nSPS) is 14.8. The zero-order chi connectivity index (χ0) is 21.2. The van der Waals surface area contributed by atoms with E-state index in [1.165, 1.54) is 12.1 Å². The fraction of sp³-hybridized carbons (Fsp3) is 0.286. The number of imidazole rings is 1. The Bertz CT molecular complexity index is 1210. The standard InChI is InChI=1S/C21H20N6O4/c28-27(29)16-7-5-15(6-8-16)21-24-23-20(31-21)14-26-18-4-2-1-3-17(18)22-19(26)13-25-9-11-30-12-10-25/h1-8H,9-14H2. The van der Waals surface area contributed by atoms with Gasteiger partial charge in [-0.25, -0.2) is 4.98 Å². The van der Waals surface area contributed by atoms with Gasteiger partial charge in [0.1, 0.15) is 12.4 Å². The maximum atomic E-state index is 10.8. The first kappa shape index (κ1) is 19.3. The molecule has 0 spiro atoms. The van der Waals surface area contributed by atoms with Crippen molar-refractivity contribution in [1.82, 2.24) is 24.6 Å². The number of hydrogen-bond acceptors (Lipinski definition) is 8.